The first-order chi connectivity index (χ1) is 8.58. The van der Waals surface area contributed by atoms with E-state index in [9.17, 15) is 14.7 Å². The number of aliphatic hydroxyl groups is 1. The first kappa shape index (κ1) is 12.8. The first-order valence-electron chi connectivity index (χ1n) is 5.55. The van der Waals surface area contributed by atoms with Crippen LogP contribution in [0.15, 0.2) is 17.5 Å². The minimum atomic E-state index is -1.09. The van der Waals surface area contributed by atoms with Crippen molar-refractivity contribution in [2.45, 2.75) is 25.1 Å². The number of nitrogens with one attached hydrogen (secondary N) is 1. The number of likely N-dealkylation sites (tertiary alicyclic amines) is 1. The molecule has 98 valence electrons. The third-order valence-electron chi connectivity index (χ3n) is 2.82. The molecule has 18 heavy (non-hydrogen) atoms. The highest BCUT2D eigenvalue weighted by Gasteiger charge is 2.38. The van der Waals surface area contributed by atoms with Gasteiger partial charge in [-0.15, -0.1) is 11.3 Å². The van der Waals surface area contributed by atoms with E-state index >= 15 is 0 Å². The van der Waals surface area contributed by atoms with Gasteiger partial charge in [0.2, 0.25) is 0 Å². The molecule has 2 heterocycles. The van der Waals surface area contributed by atoms with Crippen LogP contribution in [-0.2, 0) is 11.3 Å². The average Bonchev–Trinajstić information content (AvgIpc) is 2.94. The summed E-state index contributed by atoms with van der Waals surface area (Å²) in [7, 11) is 0. The molecule has 0 radical (unpaired) electrons. The Morgan fingerprint density at radius 1 is 1.56 bits per heavy atom. The Balaban J connectivity index is 1.93. The number of carboxylic acids is 1. The fraction of sp³-hybridized carbons (Fsp3) is 0.455. The number of carbonyl (C=O) groups is 2. The summed E-state index contributed by atoms with van der Waals surface area (Å²) in [6.45, 7) is 0.433. The fourth-order valence-electron chi connectivity index (χ4n) is 1.95. The number of aliphatic hydroxyl groups excluding tert-OH is 1. The molecule has 0 aliphatic carbocycles. The molecule has 1 fully saturated rings. The number of hydrogen-bond acceptors (Lipinski definition) is 4. The van der Waals surface area contributed by atoms with Crippen LogP contribution in [0.4, 0.5) is 4.79 Å². The number of carbonyl (C=O) groups excluding carboxylic acids is 1. The van der Waals surface area contributed by atoms with Crippen LogP contribution in [0.1, 0.15) is 11.3 Å². The Labute approximate surface area is 108 Å². The average molecular weight is 270 g/mol. The number of thiophene rings is 1. The molecule has 0 saturated carbocycles. The third kappa shape index (κ3) is 2.80. The van der Waals surface area contributed by atoms with Gasteiger partial charge in [0.15, 0.2) is 0 Å². The maximum atomic E-state index is 11.8. The standard InChI is InChI=1S/C11H14N2O4S/c14-7-4-9(10(15)16)13(6-7)11(17)12-5-8-2-1-3-18-8/h1-3,7,9,14H,4-6H2,(H,12,17)(H,15,16). The third-order valence-corrected chi connectivity index (χ3v) is 3.70. The van der Waals surface area contributed by atoms with E-state index in [1.807, 2.05) is 17.5 Å². The lowest BCUT2D eigenvalue weighted by Crippen LogP contribution is -2.45. The van der Waals surface area contributed by atoms with Crippen molar-refractivity contribution in [2.75, 3.05) is 6.54 Å². The Hall–Kier alpha value is -1.60. The number of hydrogen-bond donors (Lipinski definition) is 3. The van der Waals surface area contributed by atoms with Crippen molar-refractivity contribution in [3.05, 3.63) is 22.4 Å². The van der Waals surface area contributed by atoms with E-state index in [-0.39, 0.29) is 13.0 Å². The van der Waals surface area contributed by atoms with Gasteiger partial charge in [-0.05, 0) is 11.4 Å². The predicted octanol–water partition coefficient (Wildman–Crippen LogP) is 0.478. The maximum Gasteiger partial charge on any atom is 0.326 e. The molecule has 1 aromatic heterocycles. The van der Waals surface area contributed by atoms with Crippen LogP contribution in [0.5, 0.6) is 0 Å². The molecule has 1 aromatic rings. The zero-order chi connectivity index (χ0) is 13.1. The molecule has 2 rings (SSSR count). The molecule has 0 bridgehead atoms. The Bertz CT molecular complexity index is 434. The highest BCUT2D eigenvalue weighted by atomic mass is 32.1. The van der Waals surface area contributed by atoms with E-state index in [1.54, 1.807) is 0 Å². The smallest absolute Gasteiger partial charge is 0.326 e. The SMILES string of the molecule is O=C(O)C1CC(O)CN1C(=O)NCc1cccs1. The van der Waals surface area contributed by atoms with Crippen molar-refractivity contribution in [2.24, 2.45) is 0 Å². The monoisotopic (exact) mass is 270 g/mol. The number of amides is 2. The van der Waals surface area contributed by atoms with Crippen LogP contribution >= 0.6 is 11.3 Å². The number of aliphatic carboxylic acids is 1. The predicted molar refractivity (Wildman–Crippen MR) is 65.3 cm³/mol. The number of carboxylic acid groups (broad SMARTS) is 1. The van der Waals surface area contributed by atoms with Gasteiger partial charge in [-0.2, -0.15) is 0 Å². The molecule has 2 atom stereocenters. The summed E-state index contributed by atoms with van der Waals surface area (Å²) in [6.07, 6.45) is -0.680. The molecule has 6 nitrogen and oxygen atoms in total. The second kappa shape index (κ2) is 5.36. The zero-order valence-electron chi connectivity index (χ0n) is 9.57. The van der Waals surface area contributed by atoms with Gasteiger partial charge in [0.25, 0.3) is 0 Å². The number of β-amino-alcohol motifs (C(OH)–C–C–N with tert-alkyl or cyclic N) is 1. The number of urea groups is 1. The van der Waals surface area contributed by atoms with E-state index in [0.29, 0.717) is 6.54 Å². The number of rotatable bonds is 3. The van der Waals surface area contributed by atoms with Crippen molar-refractivity contribution in [3.8, 4) is 0 Å². The second-order valence-electron chi connectivity index (χ2n) is 4.13. The van der Waals surface area contributed by atoms with Crippen molar-refractivity contribution < 1.29 is 19.8 Å². The van der Waals surface area contributed by atoms with Crippen molar-refractivity contribution >= 4 is 23.3 Å². The summed E-state index contributed by atoms with van der Waals surface area (Å²) >= 11 is 1.52. The van der Waals surface area contributed by atoms with Crippen LogP contribution < -0.4 is 5.32 Å². The van der Waals surface area contributed by atoms with Gasteiger partial charge in [-0.1, -0.05) is 6.07 Å². The van der Waals surface area contributed by atoms with Gasteiger partial charge in [0.1, 0.15) is 6.04 Å². The van der Waals surface area contributed by atoms with Crippen molar-refractivity contribution in [1.29, 1.82) is 0 Å². The molecule has 0 aromatic carbocycles. The quantitative estimate of drug-likeness (QED) is 0.745. The molecule has 0 spiro atoms. The van der Waals surface area contributed by atoms with E-state index < -0.39 is 24.1 Å². The Morgan fingerprint density at radius 3 is 2.94 bits per heavy atom. The summed E-state index contributed by atoms with van der Waals surface area (Å²) in [4.78, 5) is 25.0. The van der Waals surface area contributed by atoms with Crippen molar-refractivity contribution in [3.63, 3.8) is 0 Å². The molecule has 2 amide bonds. The minimum absolute atomic E-state index is 0.0627. The maximum absolute atomic E-state index is 11.8. The van der Waals surface area contributed by atoms with E-state index in [1.165, 1.54) is 16.2 Å². The van der Waals surface area contributed by atoms with Crippen LogP contribution in [0, 0.1) is 0 Å². The van der Waals surface area contributed by atoms with E-state index in [0.717, 1.165) is 4.88 Å². The van der Waals surface area contributed by atoms with Gasteiger partial charge < -0.3 is 20.4 Å². The summed E-state index contributed by atoms with van der Waals surface area (Å²) in [5.74, 6) is -1.09. The minimum Gasteiger partial charge on any atom is -0.480 e. The lowest BCUT2D eigenvalue weighted by Gasteiger charge is -2.21. The molecular formula is C11H14N2O4S. The summed E-state index contributed by atoms with van der Waals surface area (Å²) in [5.41, 5.74) is 0. The zero-order valence-corrected chi connectivity index (χ0v) is 10.4. The normalized spacial score (nSPS) is 23.1. The highest BCUT2D eigenvalue weighted by molar-refractivity contribution is 7.09. The molecule has 1 saturated heterocycles. The second-order valence-corrected chi connectivity index (χ2v) is 5.17. The number of nitrogens with zero attached hydrogens (tertiary/aromatic N) is 1. The van der Waals surface area contributed by atoms with E-state index in [4.69, 9.17) is 5.11 Å². The topological polar surface area (TPSA) is 89.9 Å². The van der Waals surface area contributed by atoms with Crippen LogP contribution in [0.3, 0.4) is 0 Å². The highest BCUT2D eigenvalue weighted by Crippen LogP contribution is 2.18. The first-order valence-corrected chi connectivity index (χ1v) is 6.43. The van der Waals surface area contributed by atoms with E-state index in [2.05, 4.69) is 5.32 Å². The lowest BCUT2D eigenvalue weighted by atomic mass is 10.2. The Morgan fingerprint density at radius 2 is 2.33 bits per heavy atom. The fourth-order valence-corrected chi connectivity index (χ4v) is 2.59. The molecule has 3 N–H and O–H groups in total. The van der Waals surface area contributed by atoms with Crippen LogP contribution in [0.25, 0.3) is 0 Å². The lowest BCUT2D eigenvalue weighted by molar-refractivity contribution is -0.141. The largest absolute Gasteiger partial charge is 0.480 e. The molecular weight excluding hydrogens is 256 g/mol. The van der Waals surface area contributed by atoms with Crippen molar-refractivity contribution in [1.82, 2.24) is 10.2 Å². The van der Waals surface area contributed by atoms with Gasteiger partial charge in [0, 0.05) is 17.8 Å². The van der Waals surface area contributed by atoms with Gasteiger partial charge in [-0.3, -0.25) is 0 Å². The molecule has 7 heteroatoms. The molecule has 1 aliphatic heterocycles. The van der Waals surface area contributed by atoms with Gasteiger partial charge in [-0.25, -0.2) is 9.59 Å². The summed E-state index contributed by atoms with van der Waals surface area (Å²) in [5, 5.41) is 23.0. The van der Waals surface area contributed by atoms with Gasteiger partial charge >= 0.3 is 12.0 Å². The molecule has 1 aliphatic rings. The summed E-state index contributed by atoms with van der Waals surface area (Å²) in [6, 6.07) is 2.38. The van der Waals surface area contributed by atoms with Crippen LogP contribution in [-0.4, -0.2) is 45.8 Å². The van der Waals surface area contributed by atoms with Crippen LogP contribution in [0.2, 0.25) is 0 Å². The summed E-state index contributed by atoms with van der Waals surface area (Å²) < 4.78 is 0. The van der Waals surface area contributed by atoms with Gasteiger partial charge in [0.05, 0.1) is 12.6 Å². The molecule has 2 unspecified atom stereocenters. The Kier molecular flexibility index (Phi) is 3.83.